The quantitative estimate of drug-likeness (QED) is 0.928. The lowest BCUT2D eigenvalue weighted by Crippen LogP contribution is -2.41. The van der Waals surface area contributed by atoms with Crippen LogP contribution >= 0.6 is 15.9 Å². The normalized spacial score (nSPS) is 24.8. The van der Waals surface area contributed by atoms with Crippen LogP contribution in [0.15, 0.2) is 22.8 Å². The van der Waals surface area contributed by atoms with Gasteiger partial charge in [-0.05, 0) is 48.0 Å². The number of pyridine rings is 1. The van der Waals surface area contributed by atoms with Crippen LogP contribution in [0.25, 0.3) is 0 Å². The van der Waals surface area contributed by atoms with Crippen LogP contribution < -0.4 is 5.32 Å². The van der Waals surface area contributed by atoms with Crippen LogP contribution in [0.4, 0.5) is 0 Å². The van der Waals surface area contributed by atoms with E-state index in [1.54, 1.807) is 0 Å². The fraction of sp³-hybridized carbons (Fsp3) is 0.615. The molecule has 0 aromatic carbocycles. The summed E-state index contributed by atoms with van der Waals surface area (Å²) in [5, 5.41) is 3.35. The third-order valence-electron chi connectivity index (χ3n) is 3.31. The van der Waals surface area contributed by atoms with Crippen molar-refractivity contribution in [2.45, 2.75) is 44.4 Å². The Hall–Kier alpha value is -0.450. The van der Waals surface area contributed by atoms with Crippen LogP contribution in [0.2, 0.25) is 0 Å². The molecule has 0 radical (unpaired) electrons. The molecule has 17 heavy (non-hydrogen) atoms. The Morgan fingerprint density at radius 1 is 1.41 bits per heavy atom. The van der Waals surface area contributed by atoms with Gasteiger partial charge in [0.1, 0.15) is 0 Å². The van der Waals surface area contributed by atoms with Gasteiger partial charge in [-0.2, -0.15) is 0 Å². The Balaban J connectivity index is 1.86. The molecule has 1 aromatic rings. The van der Waals surface area contributed by atoms with Gasteiger partial charge < -0.3 is 10.1 Å². The number of hydrogen-bond donors (Lipinski definition) is 1. The molecule has 1 fully saturated rings. The van der Waals surface area contributed by atoms with E-state index >= 15 is 0 Å². The molecule has 1 heterocycles. The van der Waals surface area contributed by atoms with E-state index in [4.69, 9.17) is 4.74 Å². The minimum absolute atomic E-state index is 0.333. The fourth-order valence-corrected chi connectivity index (χ4v) is 2.55. The zero-order valence-electron chi connectivity index (χ0n) is 10.2. The number of halogens is 1. The molecule has 1 aliphatic carbocycles. The molecule has 1 saturated carbocycles. The smallest absolute Gasteiger partial charge is 0.0892 e. The average molecular weight is 299 g/mol. The van der Waals surface area contributed by atoms with Crippen LogP contribution in [0.3, 0.4) is 0 Å². The van der Waals surface area contributed by atoms with Crippen LogP contribution in [0.1, 0.15) is 31.4 Å². The Labute approximate surface area is 111 Å². The van der Waals surface area contributed by atoms with Gasteiger partial charge in [-0.3, -0.25) is 4.98 Å². The van der Waals surface area contributed by atoms with Crippen molar-refractivity contribution in [1.82, 2.24) is 10.3 Å². The van der Waals surface area contributed by atoms with E-state index in [1.807, 2.05) is 25.4 Å². The van der Waals surface area contributed by atoms with Gasteiger partial charge in [0.15, 0.2) is 0 Å². The highest BCUT2D eigenvalue weighted by atomic mass is 79.9. The second kappa shape index (κ2) is 6.47. The van der Waals surface area contributed by atoms with E-state index in [2.05, 4.69) is 26.2 Å². The van der Waals surface area contributed by atoms with Gasteiger partial charge in [0.2, 0.25) is 0 Å². The molecule has 1 aliphatic rings. The molecule has 3 nitrogen and oxygen atoms in total. The third-order valence-corrected chi connectivity index (χ3v) is 3.78. The monoisotopic (exact) mass is 298 g/mol. The van der Waals surface area contributed by atoms with Crippen LogP contribution in [0.5, 0.6) is 0 Å². The highest BCUT2D eigenvalue weighted by Gasteiger charge is 2.24. The average Bonchev–Trinajstić information content (AvgIpc) is 2.38. The summed E-state index contributed by atoms with van der Waals surface area (Å²) in [6.45, 7) is 0.607. The largest absolute Gasteiger partial charge is 0.370 e. The lowest BCUT2D eigenvalue weighted by Gasteiger charge is -2.31. The molecule has 2 rings (SSSR count). The summed E-state index contributed by atoms with van der Waals surface area (Å²) >= 11 is 3.38. The Kier molecular flexibility index (Phi) is 4.95. The second-order valence-corrected chi connectivity index (χ2v) is 5.41. The van der Waals surface area contributed by atoms with Crippen molar-refractivity contribution in [2.24, 2.45) is 0 Å². The molecule has 1 N–H and O–H groups in total. The van der Waals surface area contributed by atoms with Crippen molar-refractivity contribution >= 4 is 15.9 Å². The Morgan fingerprint density at radius 2 is 2.24 bits per heavy atom. The van der Waals surface area contributed by atoms with Crippen molar-refractivity contribution in [2.75, 3.05) is 7.05 Å². The second-order valence-electron chi connectivity index (χ2n) is 4.50. The number of nitrogens with zero attached hydrogens (tertiary/aromatic N) is 1. The number of likely N-dealkylation sites (N-methyl/N-ethyl adjacent to an activating group) is 1. The van der Waals surface area contributed by atoms with E-state index in [-0.39, 0.29) is 0 Å². The predicted octanol–water partition coefficient (Wildman–Crippen LogP) is 2.89. The van der Waals surface area contributed by atoms with Crippen molar-refractivity contribution < 1.29 is 4.74 Å². The summed E-state index contributed by atoms with van der Waals surface area (Å²) in [4.78, 5) is 4.32. The topological polar surface area (TPSA) is 34.1 Å². The van der Waals surface area contributed by atoms with E-state index in [0.29, 0.717) is 18.8 Å². The minimum Gasteiger partial charge on any atom is -0.370 e. The first-order valence-electron chi connectivity index (χ1n) is 6.19. The van der Waals surface area contributed by atoms with E-state index in [1.165, 1.54) is 19.3 Å². The number of rotatable bonds is 4. The van der Waals surface area contributed by atoms with Crippen molar-refractivity contribution in [3.05, 3.63) is 28.5 Å². The van der Waals surface area contributed by atoms with Gasteiger partial charge in [0, 0.05) is 16.7 Å². The van der Waals surface area contributed by atoms with Crippen molar-refractivity contribution in [3.63, 3.8) is 0 Å². The van der Waals surface area contributed by atoms with Gasteiger partial charge in [0.05, 0.1) is 18.4 Å². The summed E-state index contributed by atoms with van der Waals surface area (Å²) in [6, 6.07) is 4.50. The first-order valence-corrected chi connectivity index (χ1v) is 6.98. The van der Waals surface area contributed by atoms with Crippen LogP contribution in [0, 0.1) is 0 Å². The summed E-state index contributed by atoms with van der Waals surface area (Å²) in [7, 11) is 2.02. The first-order chi connectivity index (χ1) is 8.29. The van der Waals surface area contributed by atoms with Gasteiger partial charge in [-0.1, -0.05) is 12.8 Å². The van der Waals surface area contributed by atoms with Gasteiger partial charge in [-0.25, -0.2) is 0 Å². The highest BCUT2D eigenvalue weighted by molar-refractivity contribution is 9.10. The van der Waals surface area contributed by atoms with Crippen LogP contribution in [-0.2, 0) is 11.3 Å². The molecule has 0 spiro atoms. The van der Waals surface area contributed by atoms with E-state index < -0.39 is 0 Å². The molecular formula is C13H19BrN2O. The molecule has 94 valence electrons. The Morgan fingerprint density at radius 3 is 2.94 bits per heavy atom. The van der Waals surface area contributed by atoms with Crippen molar-refractivity contribution in [3.8, 4) is 0 Å². The van der Waals surface area contributed by atoms with Gasteiger partial charge in [0.25, 0.3) is 0 Å². The lowest BCUT2D eigenvalue weighted by atomic mass is 9.92. The molecule has 2 unspecified atom stereocenters. The summed E-state index contributed by atoms with van der Waals surface area (Å²) in [5.74, 6) is 0. The fourth-order valence-electron chi connectivity index (χ4n) is 2.31. The molecule has 0 bridgehead atoms. The number of hydrogen-bond acceptors (Lipinski definition) is 3. The maximum Gasteiger partial charge on any atom is 0.0892 e. The van der Waals surface area contributed by atoms with E-state index in [9.17, 15) is 0 Å². The Bertz CT molecular complexity index is 342. The lowest BCUT2D eigenvalue weighted by molar-refractivity contribution is -0.00501. The number of nitrogens with one attached hydrogen (secondary N) is 1. The van der Waals surface area contributed by atoms with Gasteiger partial charge in [-0.15, -0.1) is 0 Å². The zero-order valence-corrected chi connectivity index (χ0v) is 11.7. The zero-order chi connectivity index (χ0) is 12.1. The maximum atomic E-state index is 5.97. The third kappa shape index (κ3) is 3.76. The number of aromatic nitrogens is 1. The predicted molar refractivity (Wildman–Crippen MR) is 71.8 cm³/mol. The maximum absolute atomic E-state index is 5.97. The molecule has 2 atom stereocenters. The molecule has 0 aliphatic heterocycles. The van der Waals surface area contributed by atoms with Gasteiger partial charge >= 0.3 is 0 Å². The van der Waals surface area contributed by atoms with Crippen molar-refractivity contribution in [1.29, 1.82) is 0 Å². The molecule has 1 aromatic heterocycles. The van der Waals surface area contributed by atoms with Crippen LogP contribution in [-0.4, -0.2) is 24.2 Å². The molecular weight excluding hydrogens is 280 g/mol. The van der Waals surface area contributed by atoms with E-state index in [0.717, 1.165) is 16.6 Å². The molecule has 0 saturated heterocycles. The standard InChI is InChI=1S/C13H19BrN2O/c1-15-12-4-2-3-5-13(12)17-9-11-7-6-10(14)8-16-11/h6-8,12-13,15H,2-5,9H2,1H3. The molecule has 0 amide bonds. The summed E-state index contributed by atoms with van der Waals surface area (Å²) in [6.07, 6.45) is 7.10. The molecule has 4 heteroatoms. The SMILES string of the molecule is CNC1CCCCC1OCc1ccc(Br)cn1. The summed E-state index contributed by atoms with van der Waals surface area (Å²) in [5.41, 5.74) is 0.994. The first kappa shape index (κ1) is 13.0. The summed E-state index contributed by atoms with van der Waals surface area (Å²) < 4.78 is 6.98. The highest BCUT2D eigenvalue weighted by Crippen LogP contribution is 2.22. The minimum atomic E-state index is 0.333. The number of ether oxygens (including phenoxy) is 1.